The molecule has 1 aromatic heterocycles. The van der Waals surface area contributed by atoms with Crippen molar-refractivity contribution in [1.82, 2.24) is 4.98 Å². The number of aliphatic imine (C=N–C) groups is 1. The number of nitrogens with zero attached hydrogens (tertiary/aromatic N) is 2. The highest BCUT2D eigenvalue weighted by molar-refractivity contribution is 14.0. The highest BCUT2D eigenvalue weighted by Crippen LogP contribution is 2.24. The highest BCUT2D eigenvalue weighted by Gasteiger charge is 2.05. The van der Waals surface area contributed by atoms with Crippen LogP contribution in [0.4, 0.5) is 5.69 Å². The molecule has 0 unspecified atom stereocenters. The normalized spacial score (nSPS) is 11.1. The van der Waals surface area contributed by atoms with Gasteiger partial charge in [0, 0.05) is 17.1 Å². The number of rotatable bonds is 6. The molecular weight excluding hydrogens is 471 g/mol. The Kier molecular flexibility index (Phi) is 8.05. The van der Waals surface area contributed by atoms with Crippen LogP contribution in [0.15, 0.2) is 65.0 Å². The van der Waals surface area contributed by atoms with Gasteiger partial charge in [-0.05, 0) is 30.2 Å². The van der Waals surface area contributed by atoms with Crippen LogP contribution >= 0.6 is 35.3 Å². The number of nitrogens with two attached hydrogens (primary N) is 1. The quantitative estimate of drug-likeness (QED) is 0.266. The summed E-state index contributed by atoms with van der Waals surface area (Å²) in [5.41, 5.74) is 7.91. The maximum Gasteiger partial charge on any atom is 0.193 e. The molecule has 0 aliphatic carbocycles. The Labute approximate surface area is 180 Å². The lowest BCUT2D eigenvalue weighted by molar-refractivity contribution is 0.483. The van der Waals surface area contributed by atoms with Gasteiger partial charge in [0.1, 0.15) is 16.5 Å². The van der Waals surface area contributed by atoms with E-state index in [1.165, 1.54) is 0 Å². The number of thiazole rings is 1. The Hall–Kier alpha value is -2.13. The van der Waals surface area contributed by atoms with Crippen molar-refractivity contribution < 1.29 is 4.74 Å². The number of para-hydroxylation sites is 1. The molecule has 0 saturated carbocycles. The molecule has 0 fully saturated rings. The molecule has 0 aliphatic heterocycles. The van der Waals surface area contributed by atoms with E-state index in [2.05, 4.69) is 34.5 Å². The van der Waals surface area contributed by atoms with Crippen LogP contribution in [0.3, 0.4) is 0 Å². The standard InChI is InChI=1S/C20H22N4OS.HI/c1-14(2)18-13-26-19(24-18)12-22-20(21)23-15-7-6-10-17(11-15)25-16-8-4-3-5-9-16;/h3-11,13-14H,12H2,1-2H3,(H3,21,22,23);1H. The van der Waals surface area contributed by atoms with Crippen LogP contribution in [0.25, 0.3) is 0 Å². The average molecular weight is 494 g/mol. The van der Waals surface area contributed by atoms with E-state index in [0.29, 0.717) is 18.4 Å². The SMILES string of the molecule is CC(C)c1csc(CN=C(N)Nc2cccc(Oc3ccccc3)c2)n1.I. The first-order chi connectivity index (χ1) is 12.6. The average Bonchev–Trinajstić information content (AvgIpc) is 3.11. The molecule has 0 spiro atoms. The van der Waals surface area contributed by atoms with Crippen molar-refractivity contribution in [3.63, 3.8) is 0 Å². The summed E-state index contributed by atoms with van der Waals surface area (Å²) >= 11 is 1.61. The van der Waals surface area contributed by atoms with Gasteiger partial charge in [0.25, 0.3) is 0 Å². The minimum atomic E-state index is 0. The molecule has 5 nitrogen and oxygen atoms in total. The van der Waals surface area contributed by atoms with E-state index < -0.39 is 0 Å². The van der Waals surface area contributed by atoms with Crippen LogP contribution in [-0.4, -0.2) is 10.9 Å². The highest BCUT2D eigenvalue weighted by atomic mass is 127. The lowest BCUT2D eigenvalue weighted by Gasteiger charge is -2.09. The number of anilines is 1. The van der Waals surface area contributed by atoms with Crippen molar-refractivity contribution in [2.75, 3.05) is 5.32 Å². The zero-order valence-electron chi connectivity index (χ0n) is 15.3. The molecule has 0 saturated heterocycles. The first kappa shape index (κ1) is 21.2. The maximum atomic E-state index is 6.00. The van der Waals surface area contributed by atoms with E-state index in [0.717, 1.165) is 27.9 Å². The maximum absolute atomic E-state index is 6.00. The first-order valence-corrected chi connectivity index (χ1v) is 9.32. The fourth-order valence-electron chi connectivity index (χ4n) is 2.27. The Morgan fingerprint density at radius 1 is 1.15 bits per heavy atom. The fourth-order valence-corrected chi connectivity index (χ4v) is 3.14. The summed E-state index contributed by atoms with van der Waals surface area (Å²) in [5.74, 6) is 2.29. The first-order valence-electron chi connectivity index (χ1n) is 8.44. The summed E-state index contributed by atoms with van der Waals surface area (Å²) in [6, 6.07) is 17.3. The summed E-state index contributed by atoms with van der Waals surface area (Å²) in [7, 11) is 0. The number of hydrogen-bond donors (Lipinski definition) is 2. The van der Waals surface area contributed by atoms with E-state index in [-0.39, 0.29) is 24.0 Å². The summed E-state index contributed by atoms with van der Waals surface area (Å²) in [6.45, 7) is 4.72. The number of halogens is 1. The van der Waals surface area contributed by atoms with Crippen molar-refractivity contribution in [1.29, 1.82) is 0 Å². The summed E-state index contributed by atoms with van der Waals surface area (Å²) < 4.78 is 5.83. The van der Waals surface area contributed by atoms with E-state index in [1.54, 1.807) is 11.3 Å². The van der Waals surface area contributed by atoms with E-state index in [9.17, 15) is 0 Å². The lowest BCUT2D eigenvalue weighted by atomic mass is 10.2. The number of hydrogen-bond acceptors (Lipinski definition) is 4. The molecule has 0 amide bonds. The van der Waals surface area contributed by atoms with Crippen LogP contribution < -0.4 is 15.8 Å². The Morgan fingerprint density at radius 2 is 1.89 bits per heavy atom. The molecule has 7 heteroatoms. The van der Waals surface area contributed by atoms with Crippen LogP contribution in [0, 0.1) is 0 Å². The number of nitrogens with one attached hydrogen (secondary N) is 1. The molecule has 3 rings (SSSR count). The van der Waals surface area contributed by atoms with Crippen molar-refractivity contribution in [3.05, 3.63) is 70.7 Å². The molecule has 0 bridgehead atoms. The largest absolute Gasteiger partial charge is 0.457 e. The second-order valence-electron chi connectivity index (χ2n) is 6.09. The van der Waals surface area contributed by atoms with Gasteiger partial charge in [-0.1, -0.05) is 38.1 Å². The van der Waals surface area contributed by atoms with Gasteiger partial charge in [-0.2, -0.15) is 0 Å². The lowest BCUT2D eigenvalue weighted by Crippen LogP contribution is -2.22. The molecule has 0 atom stereocenters. The smallest absolute Gasteiger partial charge is 0.193 e. The molecule has 3 N–H and O–H groups in total. The van der Waals surface area contributed by atoms with Gasteiger partial charge in [0.2, 0.25) is 0 Å². The van der Waals surface area contributed by atoms with Crippen LogP contribution in [-0.2, 0) is 6.54 Å². The number of benzene rings is 2. The molecule has 3 aromatic rings. The van der Waals surface area contributed by atoms with Gasteiger partial charge < -0.3 is 15.8 Å². The van der Waals surface area contributed by atoms with Gasteiger partial charge in [0.05, 0.1) is 12.2 Å². The van der Waals surface area contributed by atoms with Crippen molar-refractivity contribution >= 4 is 47.0 Å². The van der Waals surface area contributed by atoms with E-state index in [4.69, 9.17) is 10.5 Å². The molecular formula is C20H23IN4OS. The topological polar surface area (TPSA) is 72.5 Å². The minimum Gasteiger partial charge on any atom is -0.457 e. The fraction of sp³-hybridized carbons (Fsp3) is 0.200. The Morgan fingerprint density at radius 3 is 2.59 bits per heavy atom. The molecule has 2 aromatic carbocycles. The third-order valence-electron chi connectivity index (χ3n) is 3.63. The van der Waals surface area contributed by atoms with E-state index in [1.807, 2.05) is 54.6 Å². The predicted octanol–water partition coefficient (Wildman–Crippen LogP) is 5.60. The van der Waals surface area contributed by atoms with Crippen molar-refractivity contribution in [2.45, 2.75) is 26.3 Å². The summed E-state index contributed by atoms with van der Waals surface area (Å²) in [4.78, 5) is 8.92. The number of aromatic nitrogens is 1. The monoisotopic (exact) mass is 494 g/mol. The summed E-state index contributed by atoms with van der Waals surface area (Å²) in [6.07, 6.45) is 0. The van der Waals surface area contributed by atoms with Crippen LogP contribution in [0.2, 0.25) is 0 Å². The zero-order chi connectivity index (χ0) is 18.4. The molecule has 1 heterocycles. The second-order valence-corrected chi connectivity index (χ2v) is 7.03. The van der Waals surface area contributed by atoms with Crippen molar-refractivity contribution in [2.24, 2.45) is 10.7 Å². The molecule has 27 heavy (non-hydrogen) atoms. The van der Waals surface area contributed by atoms with Gasteiger partial charge in [-0.25, -0.2) is 9.98 Å². The van der Waals surface area contributed by atoms with Gasteiger partial charge in [-0.3, -0.25) is 0 Å². The zero-order valence-corrected chi connectivity index (χ0v) is 18.4. The van der Waals surface area contributed by atoms with E-state index >= 15 is 0 Å². The molecule has 0 aliphatic rings. The van der Waals surface area contributed by atoms with Gasteiger partial charge >= 0.3 is 0 Å². The second kappa shape index (κ2) is 10.3. The van der Waals surface area contributed by atoms with Crippen molar-refractivity contribution in [3.8, 4) is 11.5 Å². The predicted molar refractivity (Wildman–Crippen MR) is 124 cm³/mol. The van der Waals surface area contributed by atoms with Gasteiger partial charge in [-0.15, -0.1) is 35.3 Å². The Bertz CT molecular complexity index is 880. The number of ether oxygens (including phenoxy) is 1. The molecule has 0 radical (unpaired) electrons. The Balaban J connectivity index is 0.00000261. The summed E-state index contributed by atoms with van der Waals surface area (Å²) in [5, 5.41) is 6.12. The number of guanidine groups is 1. The van der Waals surface area contributed by atoms with Crippen LogP contribution in [0.1, 0.15) is 30.5 Å². The third-order valence-corrected chi connectivity index (χ3v) is 4.48. The van der Waals surface area contributed by atoms with Crippen LogP contribution in [0.5, 0.6) is 11.5 Å². The van der Waals surface area contributed by atoms with Gasteiger partial charge in [0.15, 0.2) is 5.96 Å². The minimum absolute atomic E-state index is 0. The third kappa shape index (κ3) is 6.51. The molecule has 142 valence electrons.